The van der Waals surface area contributed by atoms with Crippen molar-refractivity contribution in [2.24, 2.45) is 0 Å². The van der Waals surface area contributed by atoms with Crippen LogP contribution in [0.25, 0.3) is 0 Å². The maximum atomic E-state index is 5.63. The summed E-state index contributed by atoms with van der Waals surface area (Å²) in [4.78, 5) is 4.61. The third kappa shape index (κ3) is 1.98. The fourth-order valence-electron chi connectivity index (χ4n) is 1.61. The van der Waals surface area contributed by atoms with Gasteiger partial charge in [-0.3, -0.25) is 0 Å². The highest BCUT2D eigenvalue weighted by atomic mass is 32.1. The van der Waals surface area contributed by atoms with Crippen molar-refractivity contribution in [3.05, 3.63) is 16.1 Å². The van der Waals surface area contributed by atoms with Gasteiger partial charge in [0.2, 0.25) is 0 Å². The van der Waals surface area contributed by atoms with Gasteiger partial charge in [-0.05, 0) is 19.3 Å². The van der Waals surface area contributed by atoms with Crippen molar-refractivity contribution in [3.8, 4) is 0 Å². The van der Waals surface area contributed by atoms with E-state index < -0.39 is 0 Å². The first kappa shape index (κ1) is 11.7. The molecule has 0 N–H and O–H groups in total. The van der Waals surface area contributed by atoms with Gasteiger partial charge in [0.15, 0.2) is 0 Å². The number of aryl methyl sites for hydroxylation is 1. The average molecular weight is 213 g/mol. The summed E-state index contributed by atoms with van der Waals surface area (Å²) in [5.74, 6) is 0. The zero-order chi connectivity index (χ0) is 10.6. The lowest BCUT2D eigenvalue weighted by atomic mass is 9.98. The monoisotopic (exact) mass is 213 g/mol. The molecule has 0 aliphatic carbocycles. The van der Waals surface area contributed by atoms with Crippen LogP contribution in [0.2, 0.25) is 0 Å². The van der Waals surface area contributed by atoms with Gasteiger partial charge in [0.25, 0.3) is 0 Å². The lowest BCUT2D eigenvalue weighted by Crippen LogP contribution is -2.26. The minimum absolute atomic E-state index is 0.155. The van der Waals surface area contributed by atoms with Crippen LogP contribution in [0.4, 0.5) is 0 Å². The zero-order valence-corrected chi connectivity index (χ0v) is 10.3. The second-order valence-electron chi connectivity index (χ2n) is 3.40. The highest BCUT2D eigenvalue weighted by molar-refractivity contribution is 7.09. The summed E-state index contributed by atoms with van der Waals surface area (Å²) in [7, 11) is 1.78. The highest BCUT2D eigenvalue weighted by Crippen LogP contribution is 2.34. The molecule has 0 aliphatic rings. The number of thiazole rings is 1. The second-order valence-corrected chi connectivity index (χ2v) is 4.26. The van der Waals surface area contributed by atoms with Crippen molar-refractivity contribution in [3.63, 3.8) is 0 Å². The van der Waals surface area contributed by atoms with Crippen LogP contribution in [0.1, 0.15) is 44.3 Å². The molecule has 0 saturated carbocycles. The summed E-state index contributed by atoms with van der Waals surface area (Å²) in [5.41, 5.74) is 1.02. The first-order chi connectivity index (χ1) is 6.72. The molecule has 0 spiro atoms. The van der Waals surface area contributed by atoms with E-state index in [9.17, 15) is 0 Å². The van der Waals surface area contributed by atoms with Crippen molar-refractivity contribution < 1.29 is 4.74 Å². The van der Waals surface area contributed by atoms with Crippen LogP contribution in [0.3, 0.4) is 0 Å². The van der Waals surface area contributed by atoms with Crippen LogP contribution in [0, 0.1) is 0 Å². The van der Waals surface area contributed by atoms with Gasteiger partial charge >= 0.3 is 0 Å². The topological polar surface area (TPSA) is 22.1 Å². The van der Waals surface area contributed by atoms with Gasteiger partial charge in [-0.2, -0.15) is 0 Å². The highest BCUT2D eigenvalue weighted by Gasteiger charge is 2.31. The Hall–Kier alpha value is -0.410. The Morgan fingerprint density at radius 2 is 2.00 bits per heavy atom. The molecule has 1 rings (SSSR count). The molecule has 14 heavy (non-hydrogen) atoms. The van der Waals surface area contributed by atoms with E-state index in [1.54, 1.807) is 18.4 Å². The summed E-state index contributed by atoms with van der Waals surface area (Å²) >= 11 is 1.72. The summed E-state index contributed by atoms with van der Waals surface area (Å²) in [6, 6.07) is 0. The predicted molar refractivity (Wildman–Crippen MR) is 60.8 cm³/mol. The largest absolute Gasteiger partial charge is 0.371 e. The predicted octanol–water partition coefficient (Wildman–Crippen LogP) is 3.37. The maximum Gasteiger partial charge on any atom is 0.125 e. The van der Waals surface area contributed by atoms with Crippen LogP contribution >= 0.6 is 11.3 Å². The Morgan fingerprint density at radius 3 is 2.36 bits per heavy atom. The molecule has 1 heterocycles. The average Bonchev–Trinajstić information content (AvgIpc) is 2.71. The fourth-order valence-corrected chi connectivity index (χ4v) is 2.83. The van der Waals surface area contributed by atoms with Crippen molar-refractivity contribution >= 4 is 11.3 Å². The first-order valence-corrected chi connectivity index (χ1v) is 6.10. The lowest BCUT2D eigenvalue weighted by Gasteiger charge is -2.27. The molecule has 2 nitrogen and oxygen atoms in total. The van der Waals surface area contributed by atoms with Crippen LogP contribution in [0.5, 0.6) is 0 Å². The van der Waals surface area contributed by atoms with Gasteiger partial charge < -0.3 is 4.74 Å². The Kier molecular flexibility index (Phi) is 4.08. The molecule has 0 bridgehead atoms. The summed E-state index contributed by atoms with van der Waals surface area (Å²) in [5, 5.41) is 3.26. The minimum Gasteiger partial charge on any atom is -0.371 e. The zero-order valence-electron chi connectivity index (χ0n) is 9.46. The molecule has 80 valence electrons. The smallest absolute Gasteiger partial charge is 0.125 e. The lowest BCUT2D eigenvalue weighted by molar-refractivity contribution is -0.0219. The quantitative estimate of drug-likeness (QED) is 0.748. The van der Waals surface area contributed by atoms with Crippen LogP contribution in [-0.4, -0.2) is 12.1 Å². The Labute approximate surface area is 90.3 Å². The number of methoxy groups -OCH3 is 1. The number of hydrogen-bond acceptors (Lipinski definition) is 3. The number of rotatable bonds is 5. The molecule has 0 radical (unpaired) electrons. The third-order valence-electron chi connectivity index (χ3n) is 2.84. The van der Waals surface area contributed by atoms with Gasteiger partial charge in [0.05, 0.1) is 5.69 Å². The summed E-state index contributed by atoms with van der Waals surface area (Å²) in [6.45, 7) is 6.44. The third-order valence-corrected chi connectivity index (χ3v) is 3.91. The molecule has 3 heteroatoms. The van der Waals surface area contributed by atoms with E-state index >= 15 is 0 Å². The van der Waals surface area contributed by atoms with Gasteiger partial charge in [-0.15, -0.1) is 11.3 Å². The number of nitrogens with zero attached hydrogens (tertiary/aromatic N) is 1. The number of aromatic nitrogens is 1. The van der Waals surface area contributed by atoms with Crippen molar-refractivity contribution in [1.29, 1.82) is 0 Å². The van der Waals surface area contributed by atoms with Gasteiger partial charge in [0, 0.05) is 12.5 Å². The van der Waals surface area contributed by atoms with E-state index in [1.807, 2.05) is 0 Å². The Morgan fingerprint density at radius 1 is 1.36 bits per heavy atom. The summed E-state index contributed by atoms with van der Waals surface area (Å²) < 4.78 is 5.63. The molecular weight excluding hydrogens is 194 g/mol. The Bertz CT molecular complexity index is 270. The van der Waals surface area contributed by atoms with E-state index in [-0.39, 0.29) is 5.60 Å². The normalized spacial score (nSPS) is 12.0. The first-order valence-electron chi connectivity index (χ1n) is 5.22. The second kappa shape index (κ2) is 4.89. The van der Waals surface area contributed by atoms with E-state index in [0.717, 1.165) is 24.3 Å². The van der Waals surface area contributed by atoms with Gasteiger partial charge in [-0.25, -0.2) is 4.98 Å². The molecule has 0 saturated heterocycles. The molecule has 0 aliphatic heterocycles. The molecule has 0 atom stereocenters. The van der Waals surface area contributed by atoms with E-state index in [1.165, 1.54) is 5.69 Å². The van der Waals surface area contributed by atoms with Crippen LogP contribution in [0.15, 0.2) is 5.38 Å². The fraction of sp³-hybridized carbons (Fsp3) is 0.727. The van der Waals surface area contributed by atoms with Gasteiger partial charge in [0.1, 0.15) is 10.6 Å². The van der Waals surface area contributed by atoms with Crippen LogP contribution in [-0.2, 0) is 16.8 Å². The van der Waals surface area contributed by atoms with E-state index in [0.29, 0.717) is 0 Å². The molecule has 0 unspecified atom stereocenters. The molecule has 1 aromatic heterocycles. The number of hydrogen-bond donors (Lipinski definition) is 0. The Balaban J connectivity index is 2.98. The van der Waals surface area contributed by atoms with Crippen molar-refractivity contribution in [2.45, 2.75) is 45.6 Å². The van der Waals surface area contributed by atoms with E-state index in [4.69, 9.17) is 4.74 Å². The van der Waals surface area contributed by atoms with Gasteiger partial charge in [-0.1, -0.05) is 20.8 Å². The molecule has 0 aromatic carbocycles. The van der Waals surface area contributed by atoms with Crippen LogP contribution < -0.4 is 0 Å². The van der Waals surface area contributed by atoms with Crippen molar-refractivity contribution in [2.75, 3.05) is 7.11 Å². The summed E-state index contributed by atoms with van der Waals surface area (Å²) in [6.07, 6.45) is 2.97. The molecule has 0 fully saturated rings. The molecule has 1 aromatic rings. The standard InChI is InChI=1S/C11H19NOS/c1-5-9-8-14-10(12-9)11(6-2,7-3)13-4/h8H,5-7H2,1-4H3. The molecule has 0 amide bonds. The van der Waals surface area contributed by atoms with Crippen molar-refractivity contribution in [1.82, 2.24) is 4.98 Å². The van der Waals surface area contributed by atoms with E-state index in [2.05, 4.69) is 31.1 Å². The number of ether oxygens (including phenoxy) is 1. The molecular formula is C11H19NOS. The maximum absolute atomic E-state index is 5.63. The SMILES string of the molecule is CCc1csc(C(CC)(CC)OC)n1. The minimum atomic E-state index is -0.155.